The third-order valence-corrected chi connectivity index (χ3v) is 3.04. The zero-order valence-electron chi connectivity index (χ0n) is 9.73. The van der Waals surface area contributed by atoms with Gasteiger partial charge in [0.1, 0.15) is 0 Å². The summed E-state index contributed by atoms with van der Waals surface area (Å²) in [7, 11) is 0. The zero-order valence-corrected chi connectivity index (χ0v) is 9.73. The van der Waals surface area contributed by atoms with Crippen LogP contribution in [0.15, 0.2) is 24.4 Å². The van der Waals surface area contributed by atoms with Gasteiger partial charge in [-0.05, 0) is 30.2 Å². The lowest BCUT2D eigenvalue weighted by molar-refractivity contribution is 0.102. The van der Waals surface area contributed by atoms with Crippen molar-refractivity contribution in [3.05, 3.63) is 41.2 Å². The Kier molecular flexibility index (Phi) is 2.77. The van der Waals surface area contributed by atoms with Crippen LogP contribution in [0, 0.1) is 0 Å². The van der Waals surface area contributed by atoms with Gasteiger partial charge in [0.15, 0.2) is 5.69 Å². The first-order valence-corrected chi connectivity index (χ1v) is 5.83. The number of aromatic nitrogens is 3. The number of hydrogen-bond donors (Lipinski definition) is 3. The molecule has 3 rings (SSSR count). The van der Waals surface area contributed by atoms with Gasteiger partial charge in [0.25, 0.3) is 5.91 Å². The number of hydrogen-bond acceptors (Lipinski definition) is 4. The van der Waals surface area contributed by atoms with Crippen LogP contribution in [0.2, 0.25) is 0 Å². The molecule has 0 atom stereocenters. The minimum atomic E-state index is -0.240. The fourth-order valence-electron chi connectivity index (χ4n) is 2.15. The van der Waals surface area contributed by atoms with Crippen molar-refractivity contribution in [3.8, 4) is 0 Å². The van der Waals surface area contributed by atoms with Crippen LogP contribution in [0.3, 0.4) is 0 Å². The second-order valence-corrected chi connectivity index (χ2v) is 4.18. The van der Waals surface area contributed by atoms with Crippen molar-refractivity contribution in [2.45, 2.75) is 13.0 Å². The molecule has 2 heterocycles. The number of benzene rings is 1. The zero-order chi connectivity index (χ0) is 12.4. The summed E-state index contributed by atoms with van der Waals surface area (Å²) < 4.78 is 0. The molecule has 1 amide bonds. The van der Waals surface area contributed by atoms with Crippen LogP contribution in [-0.2, 0) is 13.0 Å². The van der Waals surface area contributed by atoms with E-state index in [1.165, 1.54) is 17.3 Å². The number of nitrogens with one attached hydrogen (secondary N) is 3. The highest BCUT2D eigenvalue weighted by molar-refractivity contribution is 6.03. The second kappa shape index (κ2) is 4.58. The SMILES string of the molecule is O=C(Nc1cccc2c1CCNC2)c1cn[nH]n1. The summed E-state index contributed by atoms with van der Waals surface area (Å²) in [4.78, 5) is 11.9. The Morgan fingerprint density at radius 3 is 3.17 bits per heavy atom. The van der Waals surface area contributed by atoms with E-state index < -0.39 is 0 Å². The van der Waals surface area contributed by atoms with Gasteiger partial charge in [-0.15, -0.1) is 0 Å². The summed E-state index contributed by atoms with van der Waals surface area (Å²) in [6.45, 7) is 1.78. The van der Waals surface area contributed by atoms with Crippen molar-refractivity contribution in [1.29, 1.82) is 0 Å². The Balaban J connectivity index is 1.87. The molecule has 0 radical (unpaired) electrons. The van der Waals surface area contributed by atoms with Crippen molar-refractivity contribution >= 4 is 11.6 Å². The van der Waals surface area contributed by atoms with Crippen LogP contribution in [0.4, 0.5) is 5.69 Å². The molecule has 6 heteroatoms. The Bertz CT molecular complexity index is 564. The smallest absolute Gasteiger partial charge is 0.277 e. The van der Waals surface area contributed by atoms with E-state index in [9.17, 15) is 4.79 Å². The largest absolute Gasteiger partial charge is 0.320 e. The van der Waals surface area contributed by atoms with Crippen LogP contribution >= 0.6 is 0 Å². The summed E-state index contributed by atoms with van der Waals surface area (Å²) >= 11 is 0. The highest BCUT2D eigenvalue weighted by atomic mass is 16.2. The highest BCUT2D eigenvalue weighted by Gasteiger charge is 2.15. The van der Waals surface area contributed by atoms with Gasteiger partial charge in [-0.1, -0.05) is 12.1 Å². The van der Waals surface area contributed by atoms with Gasteiger partial charge >= 0.3 is 0 Å². The van der Waals surface area contributed by atoms with Crippen molar-refractivity contribution in [2.24, 2.45) is 0 Å². The molecule has 92 valence electrons. The maximum Gasteiger partial charge on any atom is 0.277 e. The third kappa shape index (κ3) is 1.98. The minimum absolute atomic E-state index is 0.240. The van der Waals surface area contributed by atoms with Gasteiger partial charge in [0, 0.05) is 12.2 Å². The average Bonchev–Trinajstić information content (AvgIpc) is 2.93. The molecule has 0 unspecified atom stereocenters. The van der Waals surface area contributed by atoms with Crippen LogP contribution in [0.5, 0.6) is 0 Å². The molecule has 0 aliphatic carbocycles. The monoisotopic (exact) mass is 243 g/mol. The number of amides is 1. The number of nitrogens with zero attached hydrogens (tertiary/aromatic N) is 2. The molecular formula is C12H13N5O. The topological polar surface area (TPSA) is 82.7 Å². The molecule has 18 heavy (non-hydrogen) atoms. The van der Waals surface area contributed by atoms with Crippen LogP contribution in [0.1, 0.15) is 21.6 Å². The lowest BCUT2D eigenvalue weighted by atomic mass is 9.99. The van der Waals surface area contributed by atoms with Crippen molar-refractivity contribution in [2.75, 3.05) is 11.9 Å². The Morgan fingerprint density at radius 2 is 2.33 bits per heavy atom. The maximum atomic E-state index is 11.9. The van der Waals surface area contributed by atoms with E-state index in [0.29, 0.717) is 5.69 Å². The first kappa shape index (κ1) is 10.9. The van der Waals surface area contributed by atoms with E-state index in [0.717, 1.165) is 25.2 Å². The van der Waals surface area contributed by atoms with E-state index in [1.54, 1.807) is 0 Å². The standard InChI is InChI=1S/C12H13N5O/c18-12(11-7-14-17-16-11)15-10-3-1-2-8-6-13-5-4-9(8)10/h1-3,7,13H,4-6H2,(H,15,18)(H,14,16,17). The number of anilines is 1. The number of carbonyl (C=O) groups excluding carboxylic acids is 1. The van der Waals surface area contributed by atoms with Gasteiger partial charge in [-0.3, -0.25) is 4.79 Å². The summed E-state index contributed by atoms with van der Waals surface area (Å²) in [5.41, 5.74) is 3.59. The van der Waals surface area contributed by atoms with Gasteiger partial charge in [-0.2, -0.15) is 15.4 Å². The average molecular weight is 243 g/mol. The Labute approximate surface area is 104 Å². The lowest BCUT2D eigenvalue weighted by Crippen LogP contribution is -2.25. The summed E-state index contributed by atoms with van der Waals surface area (Å²) in [6, 6.07) is 5.94. The predicted octanol–water partition coefficient (Wildman–Crippen LogP) is 0.703. The fraction of sp³-hybridized carbons (Fsp3) is 0.250. The summed E-state index contributed by atoms with van der Waals surface area (Å²) in [5.74, 6) is -0.240. The number of fused-ring (bicyclic) bond motifs is 1. The molecule has 0 bridgehead atoms. The third-order valence-electron chi connectivity index (χ3n) is 3.04. The number of H-pyrrole nitrogens is 1. The Hall–Kier alpha value is -2.21. The first-order valence-electron chi connectivity index (χ1n) is 5.83. The molecule has 1 aromatic carbocycles. The molecule has 0 fully saturated rings. The van der Waals surface area contributed by atoms with Crippen LogP contribution in [-0.4, -0.2) is 27.9 Å². The van der Waals surface area contributed by atoms with Crippen LogP contribution < -0.4 is 10.6 Å². The molecule has 0 saturated carbocycles. The second-order valence-electron chi connectivity index (χ2n) is 4.18. The molecule has 3 N–H and O–H groups in total. The molecule has 6 nitrogen and oxygen atoms in total. The molecular weight excluding hydrogens is 230 g/mol. The first-order chi connectivity index (χ1) is 8.84. The number of carbonyl (C=O) groups is 1. The normalized spacial score (nSPS) is 14.0. The van der Waals surface area contributed by atoms with E-state index in [4.69, 9.17) is 0 Å². The fourth-order valence-corrected chi connectivity index (χ4v) is 2.15. The number of aromatic amines is 1. The quantitative estimate of drug-likeness (QED) is 0.725. The maximum absolute atomic E-state index is 11.9. The molecule has 1 aromatic heterocycles. The molecule has 1 aliphatic rings. The minimum Gasteiger partial charge on any atom is -0.320 e. The molecule has 1 aliphatic heterocycles. The van der Waals surface area contributed by atoms with Crippen molar-refractivity contribution in [1.82, 2.24) is 20.7 Å². The van der Waals surface area contributed by atoms with Crippen molar-refractivity contribution < 1.29 is 4.79 Å². The van der Waals surface area contributed by atoms with Crippen LogP contribution in [0.25, 0.3) is 0 Å². The van der Waals surface area contributed by atoms with E-state index in [2.05, 4.69) is 32.1 Å². The van der Waals surface area contributed by atoms with Crippen molar-refractivity contribution in [3.63, 3.8) is 0 Å². The van der Waals surface area contributed by atoms with E-state index in [-0.39, 0.29) is 5.91 Å². The highest BCUT2D eigenvalue weighted by Crippen LogP contribution is 2.23. The van der Waals surface area contributed by atoms with Gasteiger partial charge in [0.05, 0.1) is 6.20 Å². The van der Waals surface area contributed by atoms with E-state index in [1.807, 2.05) is 12.1 Å². The van der Waals surface area contributed by atoms with Gasteiger partial charge < -0.3 is 10.6 Å². The van der Waals surface area contributed by atoms with Gasteiger partial charge in [0.2, 0.25) is 0 Å². The Morgan fingerprint density at radius 1 is 1.39 bits per heavy atom. The molecule has 2 aromatic rings. The van der Waals surface area contributed by atoms with E-state index >= 15 is 0 Å². The van der Waals surface area contributed by atoms with Gasteiger partial charge in [-0.25, -0.2) is 0 Å². The molecule has 0 spiro atoms. The predicted molar refractivity (Wildman–Crippen MR) is 66.2 cm³/mol. The summed E-state index contributed by atoms with van der Waals surface area (Å²) in [6.07, 6.45) is 2.33. The lowest BCUT2D eigenvalue weighted by Gasteiger charge is -2.20. The molecule has 0 saturated heterocycles. The number of rotatable bonds is 2. The summed E-state index contributed by atoms with van der Waals surface area (Å²) in [5, 5.41) is 16.0.